The summed E-state index contributed by atoms with van der Waals surface area (Å²) >= 11 is 0. The van der Waals surface area contributed by atoms with Crippen molar-refractivity contribution in [1.82, 2.24) is 29.5 Å². The lowest BCUT2D eigenvalue weighted by Crippen LogP contribution is -2.33. The normalized spacial score (nSPS) is 15.9. The summed E-state index contributed by atoms with van der Waals surface area (Å²) in [7, 11) is 1.93. The fraction of sp³-hybridized carbons (Fsp3) is 0.194. The van der Waals surface area contributed by atoms with E-state index in [0.29, 0.717) is 39.3 Å². The molecule has 0 saturated carbocycles. The maximum Gasteiger partial charge on any atom is 0.266 e. The zero-order valence-corrected chi connectivity index (χ0v) is 23.2. The molecule has 5 aromatic rings. The minimum absolute atomic E-state index is 0.142. The number of carbonyl (C=O) groups excluding carboxylic acids is 1. The van der Waals surface area contributed by atoms with Crippen LogP contribution in [0.4, 0.5) is 0 Å². The van der Waals surface area contributed by atoms with E-state index in [0.717, 1.165) is 11.1 Å². The van der Waals surface area contributed by atoms with Gasteiger partial charge in [0.05, 0.1) is 28.3 Å². The molecule has 3 aromatic heterocycles. The first-order valence-electron chi connectivity index (χ1n) is 13.4. The van der Waals surface area contributed by atoms with E-state index >= 15 is 0 Å². The van der Waals surface area contributed by atoms with E-state index in [1.807, 2.05) is 85.6 Å². The molecule has 2 unspecified atom stereocenters. The lowest BCUT2D eigenvalue weighted by molar-refractivity contribution is -0.580. The summed E-state index contributed by atoms with van der Waals surface area (Å²) in [6.45, 7) is 5.66. The van der Waals surface area contributed by atoms with E-state index in [1.54, 1.807) is 34.5 Å². The van der Waals surface area contributed by atoms with E-state index in [9.17, 15) is 9.59 Å². The molecule has 10 nitrogen and oxygen atoms in total. The van der Waals surface area contributed by atoms with Crippen LogP contribution in [0.15, 0.2) is 94.7 Å². The molecule has 2 aromatic carbocycles. The number of fused-ring (bicyclic) bond motifs is 2. The standard InChI is InChI=1S/C31H28N8O2/c1-19-26(29-32-16-9-17-38(29)36-19)30(40)34-20(2)28-35-25-13-8-10-22(14-15-23-18-33-37(4)21(23)3)27(25)31(41)39(28)24-11-6-5-7-12-24/h5-18,20-21H,1-4H3/p+1/b15-14+. The van der Waals surface area contributed by atoms with Gasteiger partial charge in [-0.05, 0) is 54.9 Å². The van der Waals surface area contributed by atoms with Gasteiger partial charge in [0.15, 0.2) is 12.7 Å². The molecule has 0 radical (unpaired) electrons. The molecule has 1 aliphatic heterocycles. The van der Waals surface area contributed by atoms with Crippen molar-refractivity contribution in [3.63, 3.8) is 0 Å². The van der Waals surface area contributed by atoms with Crippen molar-refractivity contribution in [3.8, 4) is 5.69 Å². The van der Waals surface area contributed by atoms with Crippen molar-refractivity contribution in [2.45, 2.75) is 32.9 Å². The molecule has 41 heavy (non-hydrogen) atoms. The fourth-order valence-electron chi connectivity index (χ4n) is 5.07. The van der Waals surface area contributed by atoms with Crippen LogP contribution in [0.1, 0.15) is 47.3 Å². The van der Waals surface area contributed by atoms with E-state index < -0.39 is 6.04 Å². The predicted molar refractivity (Wildman–Crippen MR) is 156 cm³/mol. The highest BCUT2D eigenvalue weighted by Crippen LogP contribution is 2.23. The Labute approximate surface area is 236 Å². The quantitative estimate of drug-likeness (QED) is 0.313. The largest absolute Gasteiger partial charge is 0.342 e. The number of hydrogen-bond donors (Lipinski definition) is 1. The number of para-hydroxylation sites is 1. The molecule has 0 aliphatic carbocycles. The highest BCUT2D eigenvalue weighted by molar-refractivity contribution is 6.01. The maximum atomic E-state index is 14.2. The minimum Gasteiger partial charge on any atom is -0.342 e. The topological polar surface area (TPSA) is 110 Å². The second-order valence-electron chi connectivity index (χ2n) is 10.1. The van der Waals surface area contributed by atoms with Gasteiger partial charge >= 0.3 is 0 Å². The molecule has 1 N–H and O–H groups in total. The van der Waals surface area contributed by atoms with Gasteiger partial charge in [-0.25, -0.2) is 14.5 Å². The number of likely N-dealkylation sites (N-methyl/N-ethyl adjacent to an activating group) is 1. The molecule has 0 bridgehead atoms. The van der Waals surface area contributed by atoms with Gasteiger partial charge in [0.1, 0.15) is 17.6 Å². The smallest absolute Gasteiger partial charge is 0.266 e. The van der Waals surface area contributed by atoms with Gasteiger partial charge in [-0.3, -0.25) is 14.2 Å². The second-order valence-corrected chi connectivity index (χ2v) is 10.1. The summed E-state index contributed by atoms with van der Waals surface area (Å²) in [5.41, 5.74) is 4.18. The van der Waals surface area contributed by atoms with Crippen molar-refractivity contribution in [2.24, 2.45) is 5.11 Å². The molecular weight excluding hydrogens is 516 g/mol. The Morgan fingerprint density at radius 3 is 2.66 bits per heavy atom. The number of rotatable bonds is 6. The van der Waals surface area contributed by atoms with Crippen LogP contribution in [-0.4, -0.2) is 47.8 Å². The monoisotopic (exact) mass is 545 g/mol. The second kappa shape index (κ2) is 10.4. The number of nitrogens with one attached hydrogen (secondary N) is 1. The van der Waals surface area contributed by atoms with Gasteiger partial charge in [-0.2, -0.15) is 5.10 Å². The number of azo groups is 2. The van der Waals surface area contributed by atoms with Crippen LogP contribution in [0, 0.1) is 6.92 Å². The number of nitrogens with zero attached hydrogens (tertiary/aromatic N) is 7. The highest BCUT2D eigenvalue weighted by Gasteiger charge is 2.25. The Bertz CT molecular complexity index is 1970. The third kappa shape index (κ3) is 4.63. The molecule has 2 atom stereocenters. The number of hydrogen-bond acceptors (Lipinski definition) is 6. The molecule has 4 heterocycles. The maximum absolute atomic E-state index is 14.2. The summed E-state index contributed by atoms with van der Waals surface area (Å²) in [5.74, 6) is 0.0708. The first-order chi connectivity index (χ1) is 19.8. The van der Waals surface area contributed by atoms with Gasteiger partial charge in [-0.1, -0.05) is 36.4 Å². The third-order valence-corrected chi connectivity index (χ3v) is 7.39. The van der Waals surface area contributed by atoms with E-state index in [2.05, 4.69) is 27.4 Å². The van der Waals surface area contributed by atoms with Crippen LogP contribution in [-0.2, 0) is 0 Å². The Morgan fingerprint density at radius 2 is 1.90 bits per heavy atom. The summed E-state index contributed by atoms with van der Waals surface area (Å²) < 4.78 is 5.04. The Hall–Kier alpha value is -5.25. The zero-order chi connectivity index (χ0) is 28.7. The van der Waals surface area contributed by atoms with Crippen LogP contribution in [0.25, 0.3) is 28.3 Å². The number of carbonyl (C=O) groups is 1. The van der Waals surface area contributed by atoms with Gasteiger partial charge in [0.2, 0.25) is 6.04 Å². The van der Waals surface area contributed by atoms with Crippen molar-refractivity contribution in [2.75, 3.05) is 7.05 Å². The third-order valence-electron chi connectivity index (χ3n) is 7.39. The SMILES string of the molecule is Cc1nn2cccnc2c1C(=O)NC(C)c1nc2cccc(/C=C/C3=CN=[N+](C)C3C)c2c(=O)n1-c1ccccc1. The summed E-state index contributed by atoms with van der Waals surface area (Å²) in [6.07, 6.45) is 9.12. The Kier molecular flexibility index (Phi) is 6.58. The van der Waals surface area contributed by atoms with Gasteiger partial charge in [0.25, 0.3) is 11.5 Å². The van der Waals surface area contributed by atoms with E-state index in [1.165, 1.54) is 0 Å². The minimum atomic E-state index is -0.612. The molecular formula is C31H29N8O2+. The average Bonchev–Trinajstić information content (AvgIpc) is 3.49. The molecule has 0 saturated heterocycles. The molecule has 1 aliphatic rings. The molecule has 0 fully saturated rings. The average molecular weight is 546 g/mol. The molecule has 0 spiro atoms. The van der Waals surface area contributed by atoms with Gasteiger partial charge in [0, 0.05) is 24.9 Å². The number of amides is 1. The summed E-state index contributed by atoms with van der Waals surface area (Å²) in [5, 5.41) is 12.3. The van der Waals surface area contributed by atoms with Crippen LogP contribution < -0.4 is 10.9 Å². The van der Waals surface area contributed by atoms with Crippen LogP contribution >= 0.6 is 0 Å². The van der Waals surface area contributed by atoms with Crippen LogP contribution in [0.5, 0.6) is 0 Å². The van der Waals surface area contributed by atoms with E-state index in [4.69, 9.17) is 4.98 Å². The zero-order valence-electron chi connectivity index (χ0n) is 23.2. The molecule has 204 valence electrons. The summed E-state index contributed by atoms with van der Waals surface area (Å²) in [4.78, 5) is 37.0. The van der Waals surface area contributed by atoms with Crippen molar-refractivity contribution < 1.29 is 9.49 Å². The number of aromatic nitrogens is 5. The first kappa shape index (κ1) is 26.0. The lowest BCUT2D eigenvalue weighted by atomic mass is 10.0. The number of benzene rings is 2. The highest BCUT2D eigenvalue weighted by atomic mass is 16.2. The Morgan fingerprint density at radius 1 is 1.10 bits per heavy atom. The Balaban J connectivity index is 1.45. The van der Waals surface area contributed by atoms with Gasteiger partial charge in [-0.15, -0.1) is 4.70 Å². The van der Waals surface area contributed by atoms with Crippen LogP contribution in [0.2, 0.25) is 0 Å². The summed E-state index contributed by atoms with van der Waals surface area (Å²) in [6, 6.07) is 16.2. The number of aryl methyl sites for hydroxylation is 1. The van der Waals surface area contributed by atoms with Gasteiger partial charge < -0.3 is 5.32 Å². The first-order valence-corrected chi connectivity index (χ1v) is 13.4. The van der Waals surface area contributed by atoms with Crippen molar-refractivity contribution >= 4 is 28.5 Å². The van der Waals surface area contributed by atoms with Crippen molar-refractivity contribution in [1.29, 1.82) is 0 Å². The molecule has 6 rings (SSSR count). The van der Waals surface area contributed by atoms with E-state index in [-0.39, 0.29) is 17.5 Å². The lowest BCUT2D eigenvalue weighted by Gasteiger charge is -2.20. The van der Waals surface area contributed by atoms with Crippen molar-refractivity contribution in [3.05, 3.63) is 118 Å². The van der Waals surface area contributed by atoms with Crippen LogP contribution in [0.3, 0.4) is 0 Å². The molecule has 10 heteroatoms. The molecule has 1 amide bonds. The fourth-order valence-corrected chi connectivity index (χ4v) is 5.07. The predicted octanol–water partition coefficient (Wildman–Crippen LogP) is 4.62.